The zero-order valence-corrected chi connectivity index (χ0v) is 15.6. The maximum Gasteiger partial charge on any atom is 0.229 e. The standard InChI is InChI=1S/C17H16FN3O3S2/c1-24-16-8-7-13(9-14(16)18)19-17-20-15(10-25-17)11-3-5-12(6-4-11)21-26(2,22)23/h3-10,21H,1-2H3,(H,19,20). The lowest BCUT2D eigenvalue weighted by Gasteiger charge is -2.06. The van der Waals surface area contributed by atoms with Crippen LogP contribution in [0.5, 0.6) is 5.75 Å². The fraction of sp³-hybridized carbons (Fsp3) is 0.118. The van der Waals surface area contributed by atoms with Gasteiger partial charge in [0.1, 0.15) is 0 Å². The Bertz CT molecular complexity index is 1020. The van der Waals surface area contributed by atoms with E-state index < -0.39 is 15.8 Å². The van der Waals surface area contributed by atoms with Crippen LogP contribution < -0.4 is 14.8 Å². The predicted octanol–water partition coefficient (Wildman–Crippen LogP) is 4.07. The molecule has 3 aromatic rings. The Balaban J connectivity index is 1.74. The van der Waals surface area contributed by atoms with Gasteiger partial charge >= 0.3 is 0 Å². The first-order valence-electron chi connectivity index (χ1n) is 7.48. The molecule has 0 aliphatic heterocycles. The van der Waals surface area contributed by atoms with E-state index >= 15 is 0 Å². The number of nitrogens with one attached hydrogen (secondary N) is 2. The predicted molar refractivity (Wildman–Crippen MR) is 102 cm³/mol. The second-order valence-electron chi connectivity index (χ2n) is 5.46. The third-order valence-electron chi connectivity index (χ3n) is 3.39. The molecule has 0 saturated heterocycles. The molecule has 0 atom stereocenters. The van der Waals surface area contributed by atoms with Gasteiger partial charge in [-0.25, -0.2) is 17.8 Å². The number of hydrogen-bond acceptors (Lipinski definition) is 6. The van der Waals surface area contributed by atoms with E-state index in [1.54, 1.807) is 36.4 Å². The minimum atomic E-state index is -3.31. The van der Waals surface area contributed by atoms with E-state index in [0.29, 0.717) is 16.5 Å². The fourth-order valence-corrected chi connectivity index (χ4v) is 3.56. The van der Waals surface area contributed by atoms with Crippen LogP contribution in [-0.4, -0.2) is 26.8 Å². The van der Waals surface area contributed by atoms with Crippen molar-refractivity contribution in [3.05, 3.63) is 53.7 Å². The molecule has 1 heterocycles. The molecule has 0 bridgehead atoms. The monoisotopic (exact) mass is 393 g/mol. The summed E-state index contributed by atoms with van der Waals surface area (Å²) in [7, 11) is -1.89. The number of anilines is 3. The van der Waals surface area contributed by atoms with Crippen LogP contribution in [0.3, 0.4) is 0 Å². The van der Waals surface area contributed by atoms with Crippen LogP contribution in [0.1, 0.15) is 0 Å². The average molecular weight is 393 g/mol. The van der Waals surface area contributed by atoms with Gasteiger partial charge in [0.05, 0.1) is 19.1 Å². The Morgan fingerprint density at radius 2 is 1.81 bits per heavy atom. The molecule has 0 radical (unpaired) electrons. The van der Waals surface area contributed by atoms with Crippen molar-refractivity contribution in [1.29, 1.82) is 0 Å². The second kappa shape index (κ2) is 7.30. The van der Waals surface area contributed by atoms with E-state index in [0.717, 1.165) is 17.5 Å². The maximum atomic E-state index is 13.7. The fourth-order valence-electron chi connectivity index (χ4n) is 2.25. The zero-order chi connectivity index (χ0) is 18.7. The van der Waals surface area contributed by atoms with Gasteiger partial charge in [0.25, 0.3) is 0 Å². The van der Waals surface area contributed by atoms with Crippen LogP contribution in [0.25, 0.3) is 11.3 Å². The summed E-state index contributed by atoms with van der Waals surface area (Å²) in [4.78, 5) is 4.47. The molecular weight excluding hydrogens is 377 g/mol. The number of rotatable bonds is 6. The summed E-state index contributed by atoms with van der Waals surface area (Å²) in [5.41, 5.74) is 2.63. The lowest BCUT2D eigenvalue weighted by molar-refractivity contribution is 0.386. The third-order valence-corrected chi connectivity index (χ3v) is 4.76. The van der Waals surface area contributed by atoms with Crippen molar-refractivity contribution in [1.82, 2.24) is 4.98 Å². The molecule has 26 heavy (non-hydrogen) atoms. The van der Waals surface area contributed by atoms with E-state index in [4.69, 9.17) is 4.74 Å². The summed E-state index contributed by atoms with van der Waals surface area (Å²) >= 11 is 1.38. The molecule has 9 heteroatoms. The van der Waals surface area contributed by atoms with E-state index in [1.165, 1.54) is 24.5 Å². The van der Waals surface area contributed by atoms with Crippen LogP contribution in [0.2, 0.25) is 0 Å². The third kappa shape index (κ3) is 4.50. The number of sulfonamides is 1. The second-order valence-corrected chi connectivity index (χ2v) is 8.07. The van der Waals surface area contributed by atoms with E-state index in [1.807, 2.05) is 5.38 Å². The normalized spacial score (nSPS) is 11.2. The molecule has 0 unspecified atom stereocenters. The van der Waals surface area contributed by atoms with Crippen molar-refractivity contribution in [3.8, 4) is 17.0 Å². The van der Waals surface area contributed by atoms with Crippen molar-refractivity contribution in [2.45, 2.75) is 0 Å². The van der Waals surface area contributed by atoms with Gasteiger partial charge in [-0.1, -0.05) is 12.1 Å². The number of ether oxygens (including phenoxy) is 1. The summed E-state index contributed by atoms with van der Waals surface area (Å²) in [6.45, 7) is 0. The molecule has 0 spiro atoms. The number of methoxy groups -OCH3 is 1. The van der Waals surface area contributed by atoms with Gasteiger partial charge < -0.3 is 10.1 Å². The van der Waals surface area contributed by atoms with Crippen molar-refractivity contribution in [3.63, 3.8) is 0 Å². The maximum absolute atomic E-state index is 13.7. The molecule has 2 N–H and O–H groups in total. The zero-order valence-electron chi connectivity index (χ0n) is 14.0. The van der Waals surface area contributed by atoms with Gasteiger partial charge in [-0.3, -0.25) is 4.72 Å². The minimum Gasteiger partial charge on any atom is -0.494 e. The number of halogens is 1. The van der Waals surface area contributed by atoms with E-state index in [-0.39, 0.29) is 5.75 Å². The first-order valence-corrected chi connectivity index (χ1v) is 10.3. The van der Waals surface area contributed by atoms with Crippen LogP contribution in [0.4, 0.5) is 20.9 Å². The largest absolute Gasteiger partial charge is 0.494 e. The molecule has 2 aromatic carbocycles. The first-order chi connectivity index (χ1) is 12.3. The lowest BCUT2D eigenvalue weighted by atomic mass is 10.1. The summed E-state index contributed by atoms with van der Waals surface area (Å²) in [6.07, 6.45) is 1.10. The number of nitrogens with zero attached hydrogens (tertiary/aromatic N) is 1. The number of aromatic nitrogens is 1. The summed E-state index contributed by atoms with van der Waals surface area (Å²) in [5.74, 6) is -0.276. The number of thiazole rings is 1. The van der Waals surface area contributed by atoms with Crippen LogP contribution in [-0.2, 0) is 10.0 Å². The Labute approximate surface area is 154 Å². The summed E-state index contributed by atoms with van der Waals surface area (Å²) in [6, 6.07) is 11.5. The molecule has 0 aliphatic carbocycles. The highest BCUT2D eigenvalue weighted by molar-refractivity contribution is 7.92. The minimum absolute atomic E-state index is 0.179. The van der Waals surface area contributed by atoms with Gasteiger partial charge in [0, 0.05) is 28.4 Å². The van der Waals surface area contributed by atoms with Crippen molar-refractivity contribution >= 4 is 37.9 Å². The summed E-state index contributed by atoms with van der Waals surface area (Å²) < 4.78 is 43.5. The Hall–Kier alpha value is -2.65. The SMILES string of the molecule is COc1ccc(Nc2nc(-c3ccc(NS(C)(=O)=O)cc3)cs2)cc1F. The van der Waals surface area contributed by atoms with Crippen LogP contribution in [0, 0.1) is 5.82 Å². The van der Waals surface area contributed by atoms with Gasteiger partial charge in [-0.2, -0.15) is 0 Å². The number of benzene rings is 2. The molecule has 0 fully saturated rings. The molecule has 6 nitrogen and oxygen atoms in total. The quantitative estimate of drug-likeness (QED) is 0.660. The highest BCUT2D eigenvalue weighted by Gasteiger charge is 2.08. The molecule has 0 saturated carbocycles. The van der Waals surface area contributed by atoms with Gasteiger partial charge in [0.2, 0.25) is 10.0 Å². The molecule has 0 aliphatic rings. The Kier molecular flexibility index (Phi) is 5.10. The molecule has 0 amide bonds. The highest BCUT2D eigenvalue weighted by Crippen LogP contribution is 2.29. The molecule has 3 rings (SSSR count). The highest BCUT2D eigenvalue weighted by atomic mass is 32.2. The smallest absolute Gasteiger partial charge is 0.229 e. The van der Waals surface area contributed by atoms with E-state index in [2.05, 4.69) is 15.0 Å². The summed E-state index contributed by atoms with van der Waals surface area (Å²) in [5, 5.41) is 5.52. The molecule has 136 valence electrons. The van der Waals surface area contributed by atoms with Crippen molar-refractivity contribution in [2.75, 3.05) is 23.4 Å². The lowest BCUT2D eigenvalue weighted by Crippen LogP contribution is -2.09. The topological polar surface area (TPSA) is 80.3 Å². The molecule has 1 aromatic heterocycles. The average Bonchev–Trinajstić information content (AvgIpc) is 3.03. The van der Waals surface area contributed by atoms with Crippen molar-refractivity contribution in [2.24, 2.45) is 0 Å². The van der Waals surface area contributed by atoms with Gasteiger partial charge in [0.15, 0.2) is 16.7 Å². The number of hydrogen-bond donors (Lipinski definition) is 2. The first kappa shape index (κ1) is 18.2. The van der Waals surface area contributed by atoms with Crippen molar-refractivity contribution < 1.29 is 17.5 Å². The van der Waals surface area contributed by atoms with E-state index in [9.17, 15) is 12.8 Å². The van der Waals surface area contributed by atoms with Gasteiger partial charge in [-0.05, 0) is 24.3 Å². The molecular formula is C17H16FN3O3S2. The van der Waals surface area contributed by atoms with Gasteiger partial charge in [-0.15, -0.1) is 11.3 Å². The van der Waals surface area contributed by atoms with Crippen LogP contribution >= 0.6 is 11.3 Å². The van der Waals surface area contributed by atoms with Crippen LogP contribution in [0.15, 0.2) is 47.8 Å². The Morgan fingerprint density at radius 3 is 2.42 bits per heavy atom. The Morgan fingerprint density at radius 1 is 1.12 bits per heavy atom.